The molecule has 0 saturated carbocycles. The van der Waals surface area contributed by atoms with Crippen LogP contribution in [0.25, 0.3) is 0 Å². The van der Waals surface area contributed by atoms with Crippen molar-refractivity contribution in [2.45, 2.75) is 34.5 Å². The zero-order chi connectivity index (χ0) is 21.8. The number of sulfonamides is 1. The van der Waals surface area contributed by atoms with Crippen LogP contribution < -0.4 is 15.4 Å². The average Bonchev–Trinajstić information content (AvgIpc) is 3.34. The van der Waals surface area contributed by atoms with Crippen LogP contribution in [0.3, 0.4) is 0 Å². The number of nitrogens with one attached hydrogen (secondary N) is 2. The number of oxazole rings is 1. The minimum absolute atomic E-state index is 0.0283. The summed E-state index contributed by atoms with van der Waals surface area (Å²) in [5, 5.41) is 13.5. The van der Waals surface area contributed by atoms with Crippen molar-refractivity contribution in [3.05, 3.63) is 36.6 Å². The van der Waals surface area contributed by atoms with Crippen molar-refractivity contribution >= 4 is 57.5 Å². The van der Waals surface area contributed by atoms with Gasteiger partial charge in [0.25, 0.3) is 0 Å². The minimum Gasteiger partial charge on any atom is -0.450 e. The quantitative estimate of drug-likeness (QED) is 0.293. The standard InChI is InChI=1S/C17H23N5O4S3Si/c1-30(2,3)15-9-19-14(26-15)11-27-16-10-20-17(28-16)22-13-5-4-12(8-18-13)29(24,25)21-6-7-23/h4-5,8-10,21,23H,6-7,11H2,1-3H3,(H,18,20,22). The third-order valence-corrected chi connectivity index (χ3v) is 9.05. The molecule has 0 fully saturated rings. The molecule has 0 saturated heterocycles. The van der Waals surface area contributed by atoms with Crippen LogP contribution >= 0.6 is 23.1 Å². The van der Waals surface area contributed by atoms with Gasteiger partial charge in [0.05, 0.1) is 29.0 Å². The fraction of sp³-hybridized carbons (Fsp3) is 0.353. The highest BCUT2D eigenvalue weighted by Gasteiger charge is 2.22. The Labute approximate surface area is 184 Å². The molecule has 30 heavy (non-hydrogen) atoms. The van der Waals surface area contributed by atoms with E-state index in [0.717, 1.165) is 9.59 Å². The number of rotatable bonds is 10. The summed E-state index contributed by atoms with van der Waals surface area (Å²) >= 11 is 3.05. The summed E-state index contributed by atoms with van der Waals surface area (Å²) in [6.45, 7) is 6.33. The SMILES string of the molecule is C[Si](C)(C)c1cnc(CSc2cnc(Nc3ccc(S(=O)(=O)NCCO)cn3)s2)o1. The monoisotopic (exact) mass is 485 g/mol. The fourth-order valence-electron chi connectivity index (χ4n) is 2.23. The third kappa shape index (κ3) is 6.12. The second-order valence-electron chi connectivity index (χ2n) is 7.27. The van der Waals surface area contributed by atoms with Crippen molar-refractivity contribution in [3.8, 4) is 0 Å². The molecular formula is C17H23N5O4S3Si. The van der Waals surface area contributed by atoms with Crippen molar-refractivity contribution in [2.24, 2.45) is 0 Å². The number of thioether (sulfide) groups is 1. The summed E-state index contributed by atoms with van der Waals surface area (Å²) in [7, 11) is -5.18. The molecule has 0 aliphatic rings. The Balaban J connectivity index is 1.57. The number of hydrogen-bond acceptors (Lipinski definition) is 10. The van der Waals surface area contributed by atoms with E-state index in [2.05, 4.69) is 44.6 Å². The van der Waals surface area contributed by atoms with Crippen molar-refractivity contribution in [2.75, 3.05) is 18.5 Å². The summed E-state index contributed by atoms with van der Waals surface area (Å²) in [6, 6.07) is 3.00. The van der Waals surface area contributed by atoms with Crippen molar-refractivity contribution in [1.82, 2.24) is 19.7 Å². The molecule has 3 aromatic rings. The van der Waals surface area contributed by atoms with Crippen LogP contribution in [0.15, 0.2) is 44.2 Å². The number of aliphatic hydroxyl groups excluding tert-OH is 1. The maximum Gasteiger partial charge on any atom is 0.242 e. The lowest BCUT2D eigenvalue weighted by Crippen LogP contribution is -2.36. The van der Waals surface area contributed by atoms with E-state index < -0.39 is 18.1 Å². The molecule has 0 atom stereocenters. The number of anilines is 2. The van der Waals surface area contributed by atoms with Crippen LogP contribution in [0.5, 0.6) is 0 Å². The molecule has 0 radical (unpaired) electrons. The van der Waals surface area contributed by atoms with E-state index in [-0.39, 0.29) is 18.0 Å². The van der Waals surface area contributed by atoms with Crippen LogP contribution in [-0.4, -0.2) is 49.7 Å². The molecule has 9 nitrogen and oxygen atoms in total. The smallest absolute Gasteiger partial charge is 0.242 e. The number of nitrogens with zero attached hydrogens (tertiary/aromatic N) is 3. The van der Waals surface area contributed by atoms with Gasteiger partial charge in [0.2, 0.25) is 15.9 Å². The van der Waals surface area contributed by atoms with Gasteiger partial charge in [-0.25, -0.2) is 28.1 Å². The van der Waals surface area contributed by atoms with Crippen LogP contribution in [0.2, 0.25) is 19.6 Å². The summed E-state index contributed by atoms with van der Waals surface area (Å²) in [4.78, 5) is 12.8. The summed E-state index contributed by atoms with van der Waals surface area (Å²) in [5.41, 5.74) is 0. The van der Waals surface area contributed by atoms with Gasteiger partial charge < -0.3 is 14.8 Å². The lowest BCUT2D eigenvalue weighted by atomic mass is 10.5. The highest BCUT2D eigenvalue weighted by atomic mass is 32.2. The predicted octanol–water partition coefficient (Wildman–Crippen LogP) is 2.38. The van der Waals surface area contributed by atoms with Gasteiger partial charge in [-0.3, -0.25) is 0 Å². The minimum atomic E-state index is -3.68. The zero-order valence-corrected chi connectivity index (χ0v) is 20.2. The first kappa shape index (κ1) is 22.9. The Hall–Kier alpha value is -1.77. The van der Waals surface area contributed by atoms with E-state index >= 15 is 0 Å². The molecule has 3 aromatic heterocycles. The summed E-state index contributed by atoms with van der Waals surface area (Å²) < 4.78 is 33.1. The number of thiazole rings is 1. The van der Waals surface area contributed by atoms with Crippen LogP contribution in [0.4, 0.5) is 10.9 Å². The maximum atomic E-state index is 12.0. The van der Waals surface area contributed by atoms with Gasteiger partial charge in [-0.05, 0) is 12.1 Å². The molecule has 0 aliphatic heterocycles. The molecular weight excluding hydrogens is 463 g/mol. The van der Waals surface area contributed by atoms with E-state index in [9.17, 15) is 8.42 Å². The van der Waals surface area contributed by atoms with E-state index in [1.54, 1.807) is 24.0 Å². The normalized spacial score (nSPS) is 12.3. The highest BCUT2D eigenvalue weighted by molar-refractivity contribution is 8.00. The molecule has 0 aliphatic carbocycles. The van der Waals surface area contributed by atoms with E-state index in [1.807, 2.05) is 6.20 Å². The second-order valence-corrected chi connectivity index (χ2v) is 16.3. The molecule has 0 bridgehead atoms. The lowest BCUT2D eigenvalue weighted by Gasteiger charge is -2.09. The molecule has 0 amide bonds. The first-order valence-corrected chi connectivity index (χ1v) is 15.8. The Morgan fingerprint density at radius 1 is 1.17 bits per heavy atom. The summed E-state index contributed by atoms with van der Waals surface area (Å²) in [5.74, 6) is 1.81. The largest absolute Gasteiger partial charge is 0.450 e. The first-order chi connectivity index (χ1) is 14.2. The van der Waals surface area contributed by atoms with Gasteiger partial charge >= 0.3 is 0 Å². The maximum absolute atomic E-state index is 12.0. The topological polar surface area (TPSA) is 130 Å². The molecule has 0 aromatic carbocycles. The fourth-order valence-corrected chi connectivity index (χ4v) is 5.80. The Kier molecular flexibility index (Phi) is 7.31. The van der Waals surface area contributed by atoms with Gasteiger partial charge in [0, 0.05) is 12.7 Å². The van der Waals surface area contributed by atoms with Crippen LogP contribution in [-0.2, 0) is 15.8 Å². The molecule has 3 rings (SSSR count). The van der Waals surface area contributed by atoms with Crippen molar-refractivity contribution < 1.29 is 17.9 Å². The van der Waals surface area contributed by atoms with Crippen molar-refractivity contribution in [1.29, 1.82) is 0 Å². The van der Waals surface area contributed by atoms with E-state index in [0.29, 0.717) is 22.6 Å². The van der Waals surface area contributed by atoms with E-state index in [4.69, 9.17) is 9.52 Å². The molecule has 3 N–H and O–H groups in total. The molecule has 13 heteroatoms. The number of aliphatic hydroxyl groups is 1. The van der Waals surface area contributed by atoms with Crippen molar-refractivity contribution in [3.63, 3.8) is 0 Å². The lowest BCUT2D eigenvalue weighted by molar-refractivity contribution is 0.301. The molecule has 162 valence electrons. The average molecular weight is 486 g/mol. The number of hydrogen-bond donors (Lipinski definition) is 3. The van der Waals surface area contributed by atoms with Crippen LogP contribution in [0.1, 0.15) is 5.89 Å². The molecule has 3 heterocycles. The molecule has 0 spiro atoms. The second kappa shape index (κ2) is 9.57. The Morgan fingerprint density at radius 3 is 2.60 bits per heavy atom. The zero-order valence-electron chi connectivity index (χ0n) is 16.7. The van der Waals surface area contributed by atoms with Gasteiger partial charge in [-0.1, -0.05) is 31.0 Å². The Morgan fingerprint density at radius 2 is 1.97 bits per heavy atom. The first-order valence-electron chi connectivity index (χ1n) is 9.05. The van der Waals surface area contributed by atoms with Gasteiger partial charge in [-0.2, -0.15) is 0 Å². The van der Waals surface area contributed by atoms with E-state index in [1.165, 1.54) is 23.6 Å². The molecule has 0 unspecified atom stereocenters. The Bertz CT molecular complexity index is 1080. The van der Waals surface area contributed by atoms with Gasteiger partial charge in [0.15, 0.2) is 5.13 Å². The number of pyridine rings is 1. The van der Waals surface area contributed by atoms with Gasteiger partial charge in [-0.15, -0.1) is 11.8 Å². The number of aromatic nitrogens is 3. The highest BCUT2D eigenvalue weighted by Crippen LogP contribution is 2.31. The predicted molar refractivity (Wildman–Crippen MR) is 121 cm³/mol. The van der Waals surface area contributed by atoms with Crippen LogP contribution in [0, 0.1) is 0 Å². The summed E-state index contributed by atoms with van der Waals surface area (Å²) in [6.07, 6.45) is 4.85. The third-order valence-electron chi connectivity index (χ3n) is 3.80. The van der Waals surface area contributed by atoms with Gasteiger partial charge in [0.1, 0.15) is 24.2 Å².